The Bertz CT molecular complexity index is 772. The van der Waals surface area contributed by atoms with Gasteiger partial charge in [0.25, 0.3) is 5.91 Å². The monoisotopic (exact) mass is 341 g/mol. The van der Waals surface area contributed by atoms with Crippen LogP contribution >= 0.6 is 0 Å². The molecule has 0 aliphatic carbocycles. The molecule has 132 valence electrons. The molecule has 5 nitrogen and oxygen atoms in total. The number of hydrogen-bond donors (Lipinski definition) is 1. The molecule has 1 aliphatic heterocycles. The van der Waals surface area contributed by atoms with Crippen molar-refractivity contribution in [2.24, 2.45) is 0 Å². The molecule has 1 aliphatic rings. The Kier molecular flexibility index (Phi) is 5.12. The Morgan fingerprint density at radius 3 is 2.60 bits per heavy atom. The summed E-state index contributed by atoms with van der Waals surface area (Å²) in [5.41, 5.74) is 2.96. The molecule has 0 saturated carbocycles. The van der Waals surface area contributed by atoms with Gasteiger partial charge in [0.1, 0.15) is 25.6 Å². The molecule has 5 heteroatoms. The largest absolute Gasteiger partial charge is 0.491 e. The molecule has 0 spiro atoms. The van der Waals surface area contributed by atoms with Gasteiger partial charge in [0.15, 0.2) is 11.5 Å². The van der Waals surface area contributed by atoms with Gasteiger partial charge < -0.3 is 19.5 Å². The predicted molar refractivity (Wildman–Crippen MR) is 95.8 cm³/mol. The maximum atomic E-state index is 12.4. The van der Waals surface area contributed by atoms with E-state index in [-0.39, 0.29) is 11.9 Å². The first-order chi connectivity index (χ1) is 12.0. The van der Waals surface area contributed by atoms with E-state index in [0.717, 1.165) is 5.75 Å². The second kappa shape index (κ2) is 7.47. The van der Waals surface area contributed by atoms with Crippen molar-refractivity contribution >= 4 is 5.91 Å². The molecule has 1 N–H and O–H groups in total. The molecule has 1 amide bonds. The Hall–Kier alpha value is -2.69. The first-order valence-corrected chi connectivity index (χ1v) is 8.43. The summed E-state index contributed by atoms with van der Waals surface area (Å²) < 4.78 is 16.8. The fourth-order valence-electron chi connectivity index (χ4n) is 2.56. The van der Waals surface area contributed by atoms with Crippen LogP contribution in [0.3, 0.4) is 0 Å². The zero-order chi connectivity index (χ0) is 17.8. The highest BCUT2D eigenvalue weighted by molar-refractivity contribution is 5.95. The van der Waals surface area contributed by atoms with E-state index in [0.29, 0.717) is 36.9 Å². The number of aryl methyl sites for hydroxylation is 2. The van der Waals surface area contributed by atoms with Gasteiger partial charge in [-0.1, -0.05) is 6.07 Å². The highest BCUT2D eigenvalue weighted by Crippen LogP contribution is 2.30. The molecule has 0 fully saturated rings. The summed E-state index contributed by atoms with van der Waals surface area (Å²) >= 11 is 0. The van der Waals surface area contributed by atoms with E-state index in [9.17, 15) is 4.79 Å². The van der Waals surface area contributed by atoms with Crippen molar-refractivity contribution < 1.29 is 19.0 Å². The first kappa shape index (κ1) is 17.1. The summed E-state index contributed by atoms with van der Waals surface area (Å²) in [6, 6.07) is 11.1. The third-order valence-electron chi connectivity index (χ3n) is 4.16. The van der Waals surface area contributed by atoms with Crippen LogP contribution < -0.4 is 19.5 Å². The van der Waals surface area contributed by atoms with Crippen LogP contribution in [0.1, 0.15) is 28.4 Å². The van der Waals surface area contributed by atoms with E-state index in [1.165, 1.54) is 11.1 Å². The van der Waals surface area contributed by atoms with Crippen LogP contribution in [0.2, 0.25) is 0 Å². The van der Waals surface area contributed by atoms with Crippen molar-refractivity contribution in [2.75, 3.05) is 19.8 Å². The van der Waals surface area contributed by atoms with Gasteiger partial charge in [-0.2, -0.15) is 0 Å². The molecule has 0 aromatic heterocycles. The highest BCUT2D eigenvalue weighted by atomic mass is 16.6. The Morgan fingerprint density at radius 1 is 1.08 bits per heavy atom. The van der Waals surface area contributed by atoms with Crippen molar-refractivity contribution in [1.82, 2.24) is 5.32 Å². The Morgan fingerprint density at radius 2 is 1.84 bits per heavy atom. The molecule has 0 saturated heterocycles. The molecule has 2 aromatic rings. The number of nitrogens with one attached hydrogen (secondary N) is 1. The number of hydrogen-bond acceptors (Lipinski definition) is 4. The number of carbonyl (C=O) groups excluding carboxylic acids is 1. The van der Waals surface area contributed by atoms with E-state index in [4.69, 9.17) is 14.2 Å². The minimum atomic E-state index is -0.159. The number of amides is 1. The van der Waals surface area contributed by atoms with Gasteiger partial charge in [0.05, 0.1) is 6.04 Å². The van der Waals surface area contributed by atoms with Crippen molar-refractivity contribution in [3.8, 4) is 17.2 Å². The van der Waals surface area contributed by atoms with Gasteiger partial charge in [-0.3, -0.25) is 4.79 Å². The lowest BCUT2D eigenvalue weighted by Crippen LogP contribution is -2.36. The molecule has 1 atom stereocenters. The quantitative estimate of drug-likeness (QED) is 0.907. The molecular formula is C20H23NO4. The van der Waals surface area contributed by atoms with Crippen LogP contribution in [-0.2, 0) is 0 Å². The van der Waals surface area contributed by atoms with Gasteiger partial charge in [-0.05, 0) is 62.2 Å². The molecular weight excluding hydrogens is 318 g/mol. The van der Waals surface area contributed by atoms with Crippen LogP contribution in [0.15, 0.2) is 36.4 Å². The summed E-state index contributed by atoms with van der Waals surface area (Å²) in [4.78, 5) is 12.4. The summed E-state index contributed by atoms with van der Waals surface area (Å²) in [6.45, 7) is 7.46. The fraction of sp³-hybridized carbons (Fsp3) is 0.350. The van der Waals surface area contributed by atoms with Crippen LogP contribution in [0.4, 0.5) is 0 Å². The summed E-state index contributed by atoms with van der Waals surface area (Å²) in [6.07, 6.45) is 0. The molecule has 3 rings (SSSR count). The third-order valence-corrected chi connectivity index (χ3v) is 4.16. The minimum Gasteiger partial charge on any atom is -0.491 e. The number of carbonyl (C=O) groups is 1. The van der Waals surface area contributed by atoms with Crippen LogP contribution in [0, 0.1) is 13.8 Å². The lowest BCUT2D eigenvalue weighted by molar-refractivity contribution is 0.0925. The topological polar surface area (TPSA) is 56.8 Å². The van der Waals surface area contributed by atoms with Crippen molar-refractivity contribution in [3.63, 3.8) is 0 Å². The number of rotatable bonds is 5. The van der Waals surface area contributed by atoms with Crippen LogP contribution in [0.5, 0.6) is 17.2 Å². The maximum Gasteiger partial charge on any atom is 0.251 e. The zero-order valence-electron chi connectivity index (χ0n) is 14.8. The van der Waals surface area contributed by atoms with Gasteiger partial charge in [0.2, 0.25) is 0 Å². The molecule has 25 heavy (non-hydrogen) atoms. The average molecular weight is 341 g/mol. The smallest absolute Gasteiger partial charge is 0.251 e. The summed E-state index contributed by atoms with van der Waals surface area (Å²) in [5, 5.41) is 2.94. The summed E-state index contributed by atoms with van der Waals surface area (Å²) in [7, 11) is 0. The van der Waals surface area contributed by atoms with Gasteiger partial charge in [-0.15, -0.1) is 0 Å². The predicted octanol–water partition coefficient (Wildman–Crippen LogP) is 3.27. The number of benzene rings is 2. The minimum absolute atomic E-state index is 0.123. The zero-order valence-corrected chi connectivity index (χ0v) is 14.8. The maximum absolute atomic E-state index is 12.4. The average Bonchev–Trinajstić information content (AvgIpc) is 2.62. The molecule has 2 aromatic carbocycles. The molecule has 1 heterocycles. The second-order valence-corrected chi connectivity index (χ2v) is 6.29. The van der Waals surface area contributed by atoms with Crippen molar-refractivity contribution in [2.45, 2.75) is 26.8 Å². The van der Waals surface area contributed by atoms with E-state index in [1.807, 2.05) is 25.1 Å². The van der Waals surface area contributed by atoms with Gasteiger partial charge in [0, 0.05) is 5.56 Å². The highest BCUT2D eigenvalue weighted by Gasteiger charge is 2.16. The molecule has 0 radical (unpaired) electrons. The van der Waals surface area contributed by atoms with Crippen molar-refractivity contribution in [3.05, 3.63) is 53.1 Å². The van der Waals surface area contributed by atoms with Crippen molar-refractivity contribution in [1.29, 1.82) is 0 Å². The summed E-state index contributed by atoms with van der Waals surface area (Å²) in [5.74, 6) is 1.93. The van der Waals surface area contributed by atoms with E-state index < -0.39 is 0 Å². The SMILES string of the molecule is Cc1ccc(OCC(C)NC(=O)c2ccc3c(c2)OCCO3)cc1C. The first-order valence-electron chi connectivity index (χ1n) is 8.43. The lowest BCUT2D eigenvalue weighted by Gasteiger charge is -2.19. The third kappa shape index (κ3) is 4.24. The molecule has 0 bridgehead atoms. The van der Waals surface area contributed by atoms with Crippen LogP contribution in [0.25, 0.3) is 0 Å². The number of fused-ring (bicyclic) bond motifs is 1. The van der Waals surface area contributed by atoms with Gasteiger partial charge >= 0.3 is 0 Å². The Labute approximate surface area is 147 Å². The standard InChI is InChI=1S/C20H23NO4/c1-13-4-6-17(10-14(13)2)25-12-15(3)21-20(22)16-5-7-18-19(11-16)24-9-8-23-18/h4-7,10-11,15H,8-9,12H2,1-3H3,(H,21,22). The van der Waals surface area contributed by atoms with Gasteiger partial charge in [-0.25, -0.2) is 0 Å². The normalized spacial score (nSPS) is 13.9. The van der Waals surface area contributed by atoms with Crippen LogP contribution in [-0.4, -0.2) is 31.8 Å². The van der Waals surface area contributed by atoms with E-state index in [1.54, 1.807) is 18.2 Å². The Balaban J connectivity index is 1.56. The number of ether oxygens (including phenoxy) is 3. The molecule has 1 unspecified atom stereocenters. The van der Waals surface area contributed by atoms with E-state index >= 15 is 0 Å². The second-order valence-electron chi connectivity index (χ2n) is 6.29. The van der Waals surface area contributed by atoms with E-state index in [2.05, 4.69) is 19.2 Å². The fourth-order valence-corrected chi connectivity index (χ4v) is 2.56. The lowest BCUT2D eigenvalue weighted by atomic mass is 10.1.